The number of pyridine rings is 2. The number of halogens is 4. The Labute approximate surface area is 178 Å². The highest BCUT2D eigenvalue weighted by molar-refractivity contribution is 9.10. The molecule has 0 bridgehead atoms. The van der Waals surface area contributed by atoms with E-state index in [-0.39, 0.29) is 9.79 Å². The van der Waals surface area contributed by atoms with E-state index in [0.717, 1.165) is 16.7 Å². The van der Waals surface area contributed by atoms with Crippen LogP contribution in [-0.2, 0) is 16.0 Å². The number of fused-ring (bicyclic) bond motifs is 1. The molecule has 0 atom stereocenters. The van der Waals surface area contributed by atoms with Gasteiger partial charge in [0.15, 0.2) is 0 Å². The lowest BCUT2D eigenvalue weighted by Gasteiger charge is -2.09. The maximum atomic E-state index is 12.8. The summed E-state index contributed by atoms with van der Waals surface area (Å²) >= 11 is 3.27. The summed E-state index contributed by atoms with van der Waals surface area (Å²) in [5.41, 5.74) is 0.674. The van der Waals surface area contributed by atoms with Crippen molar-refractivity contribution in [3.8, 4) is 11.1 Å². The molecule has 2 aromatic heterocycles. The molecular formula is C21H12BrF3N2O2S. The summed E-state index contributed by atoms with van der Waals surface area (Å²) in [5, 5.41) is 0.594. The van der Waals surface area contributed by atoms with Crippen molar-refractivity contribution in [1.82, 2.24) is 9.97 Å². The molecule has 0 aliphatic carbocycles. The lowest BCUT2D eigenvalue weighted by atomic mass is 10.1. The standard InChI is InChI=1S/C21H12BrF3N2O2S/c22-16-4-6-17(7-5-16)30(28,29)18-9-14-2-1-13(10-19(14)26-12-18)15-3-8-20(27-11-15)21(23,24)25/h1-12H. The van der Waals surface area contributed by atoms with Crippen molar-refractivity contribution in [3.63, 3.8) is 0 Å². The third-order valence-electron chi connectivity index (χ3n) is 4.48. The Morgan fingerprint density at radius 3 is 2.10 bits per heavy atom. The Hall–Kier alpha value is -2.78. The van der Waals surface area contributed by atoms with Crippen molar-refractivity contribution in [2.75, 3.05) is 0 Å². The molecule has 4 nitrogen and oxygen atoms in total. The molecular weight excluding hydrogens is 481 g/mol. The number of benzene rings is 2. The van der Waals surface area contributed by atoms with Gasteiger partial charge in [0.25, 0.3) is 0 Å². The van der Waals surface area contributed by atoms with Gasteiger partial charge in [0, 0.05) is 27.8 Å². The van der Waals surface area contributed by atoms with E-state index in [0.29, 0.717) is 22.0 Å². The maximum Gasteiger partial charge on any atom is 0.433 e. The van der Waals surface area contributed by atoms with Crippen LogP contribution in [0.15, 0.2) is 87.3 Å². The minimum Gasteiger partial charge on any atom is -0.255 e. The van der Waals surface area contributed by atoms with Crippen LogP contribution in [-0.4, -0.2) is 18.4 Å². The lowest BCUT2D eigenvalue weighted by Crippen LogP contribution is -2.07. The van der Waals surface area contributed by atoms with Gasteiger partial charge in [0.05, 0.1) is 15.3 Å². The first-order valence-corrected chi connectivity index (χ1v) is 10.9. The molecule has 30 heavy (non-hydrogen) atoms. The molecule has 0 saturated carbocycles. The second-order valence-electron chi connectivity index (χ2n) is 6.47. The number of nitrogens with zero attached hydrogens (tertiary/aromatic N) is 2. The van der Waals surface area contributed by atoms with E-state index in [2.05, 4.69) is 25.9 Å². The SMILES string of the molecule is O=S(=O)(c1ccc(Br)cc1)c1cnc2cc(-c3ccc(C(F)(F)F)nc3)ccc2c1. The van der Waals surface area contributed by atoms with Gasteiger partial charge < -0.3 is 0 Å². The molecule has 4 aromatic rings. The zero-order chi connectivity index (χ0) is 21.5. The van der Waals surface area contributed by atoms with Gasteiger partial charge in [-0.1, -0.05) is 34.1 Å². The number of rotatable bonds is 3. The number of alkyl halides is 3. The molecule has 0 N–H and O–H groups in total. The number of sulfone groups is 1. The molecule has 0 spiro atoms. The van der Waals surface area contributed by atoms with Crippen LogP contribution in [0.25, 0.3) is 22.0 Å². The van der Waals surface area contributed by atoms with Crippen LogP contribution in [0.3, 0.4) is 0 Å². The maximum absolute atomic E-state index is 12.8. The van der Waals surface area contributed by atoms with Crippen LogP contribution in [0.5, 0.6) is 0 Å². The molecule has 9 heteroatoms. The fraction of sp³-hybridized carbons (Fsp3) is 0.0476. The second kappa shape index (κ2) is 7.48. The normalized spacial score (nSPS) is 12.3. The van der Waals surface area contributed by atoms with Crippen LogP contribution >= 0.6 is 15.9 Å². The van der Waals surface area contributed by atoms with Gasteiger partial charge in [-0.3, -0.25) is 9.97 Å². The zero-order valence-electron chi connectivity index (χ0n) is 15.1. The number of hydrogen-bond acceptors (Lipinski definition) is 4. The van der Waals surface area contributed by atoms with Crippen molar-refractivity contribution in [2.24, 2.45) is 0 Å². The summed E-state index contributed by atoms with van der Waals surface area (Å²) in [4.78, 5) is 7.92. The summed E-state index contributed by atoms with van der Waals surface area (Å²) in [5.74, 6) is 0. The summed E-state index contributed by atoms with van der Waals surface area (Å²) in [6, 6.07) is 15.1. The molecule has 2 heterocycles. The molecule has 0 aliphatic rings. The molecule has 152 valence electrons. The second-order valence-corrected chi connectivity index (χ2v) is 9.33. The van der Waals surface area contributed by atoms with Gasteiger partial charge in [-0.15, -0.1) is 0 Å². The fourth-order valence-electron chi connectivity index (χ4n) is 2.91. The minimum atomic E-state index is -4.50. The summed E-state index contributed by atoms with van der Waals surface area (Å²) in [7, 11) is -3.73. The first-order valence-electron chi connectivity index (χ1n) is 8.59. The highest BCUT2D eigenvalue weighted by Crippen LogP contribution is 2.30. The minimum absolute atomic E-state index is 0.0567. The van der Waals surface area contributed by atoms with E-state index in [9.17, 15) is 21.6 Å². The van der Waals surface area contributed by atoms with Crippen LogP contribution in [0.1, 0.15) is 5.69 Å². The first kappa shape index (κ1) is 20.5. The molecule has 0 saturated heterocycles. The third kappa shape index (κ3) is 3.95. The molecule has 4 rings (SSSR count). The predicted molar refractivity (Wildman–Crippen MR) is 110 cm³/mol. The molecule has 0 radical (unpaired) electrons. The highest BCUT2D eigenvalue weighted by atomic mass is 79.9. The molecule has 2 aromatic carbocycles. The van der Waals surface area contributed by atoms with E-state index in [1.165, 1.54) is 30.5 Å². The first-order chi connectivity index (χ1) is 14.1. The van der Waals surface area contributed by atoms with Gasteiger partial charge in [0.1, 0.15) is 5.69 Å². The van der Waals surface area contributed by atoms with E-state index < -0.39 is 21.7 Å². The van der Waals surface area contributed by atoms with Crippen molar-refractivity contribution in [1.29, 1.82) is 0 Å². The zero-order valence-corrected chi connectivity index (χ0v) is 17.5. The fourth-order valence-corrected chi connectivity index (χ4v) is 4.41. The molecule has 0 amide bonds. The van der Waals surface area contributed by atoms with Crippen molar-refractivity contribution in [2.45, 2.75) is 16.0 Å². The molecule has 0 aliphatic heterocycles. The van der Waals surface area contributed by atoms with Crippen molar-refractivity contribution in [3.05, 3.63) is 83.2 Å². The summed E-state index contributed by atoms with van der Waals surface area (Å²) in [6.45, 7) is 0. The van der Waals surface area contributed by atoms with Gasteiger partial charge in [-0.25, -0.2) is 8.42 Å². The topological polar surface area (TPSA) is 59.9 Å². The van der Waals surface area contributed by atoms with Gasteiger partial charge in [-0.2, -0.15) is 13.2 Å². The summed E-state index contributed by atoms with van der Waals surface area (Å²) < 4.78 is 64.5. The molecule has 0 fully saturated rings. The van der Waals surface area contributed by atoms with E-state index in [1.54, 1.807) is 30.3 Å². The highest BCUT2D eigenvalue weighted by Gasteiger charge is 2.32. The Kier molecular flexibility index (Phi) is 5.11. The monoisotopic (exact) mass is 492 g/mol. The largest absolute Gasteiger partial charge is 0.433 e. The quantitative estimate of drug-likeness (QED) is 0.356. The average molecular weight is 493 g/mol. The Balaban J connectivity index is 1.70. The van der Waals surface area contributed by atoms with Gasteiger partial charge in [-0.05, 0) is 48.0 Å². The predicted octanol–water partition coefficient (Wildman–Crippen LogP) is 5.91. The average Bonchev–Trinajstić information content (AvgIpc) is 2.73. The van der Waals surface area contributed by atoms with Crippen LogP contribution in [0.2, 0.25) is 0 Å². The third-order valence-corrected chi connectivity index (χ3v) is 6.75. The Morgan fingerprint density at radius 1 is 0.767 bits per heavy atom. The van der Waals surface area contributed by atoms with Gasteiger partial charge >= 0.3 is 6.18 Å². The van der Waals surface area contributed by atoms with E-state index in [4.69, 9.17) is 0 Å². The van der Waals surface area contributed by atoms with E-state index >= 15 is 0 Å². The van der Waals surface area contributed by atoms with Crippen LogP contribution < -0.4 is 0 Å². The summed E-state index contributed by atoms with van der Waals surface area (Å²) in [6.07, 6.45) is -2.08. The van der Waals surface area contributed by atoms with Crippen molar-refractivity contribution >= 4 is 36.7 Å². The Morgan fingerprint density at radius 2 is 1.47 bits per heavy atom. The number of aromatic nitrogens is 2. The van der Waals surface area contributed by atoms with Gasteiger partial charge in [0.2, 0.25) is 9.84 Å². The van der Waals surface area contributed by atoms with Crippen LogP contribution in [0.4, 0.5) is 13.2 Å². The van der Waals surface area contributed by atoms with Crippen LogP contribution in [0, 0.1) is 0 Å². The van der Waals surface area contributed by atoms with E-state index in [1.807, 2.05) is 0 Å². The lowest BCUT2D eigenvalue weighted by molar-refractivity contribution is -0.141. The number of hydrogen-bond donors (Lipinski definition) is 0. The Bertz CT molecular complexity index is 1340. The smallest absolute Gasteiger partial charge is 0.255 e. The molecule has 0 unspecified atom stereocenters. The van der Waals surface area contributed by atoms with Crippen molar-refractivity contribution < 1.29 is 21.6 Å².